The lowest BCUT2D eigenvalue weighted by atomic mass is 9.93. The smallest absolute Gasteiger partial charge is 0.465 e. The van der Waals surface area contributed by atoms with Crippen molar-refractivity contribution in [2.45, 2.75) is 106 Å². The normalized spacial score (nSPS) is 13.6. The van der Waals surface area contributed by atoms with Gasteiger partial charge < -0.3 is 38.0 Å². The molecule has 0 saturated carbocycles. The van der Waals surface area contributed by atoms with E-state index in [9.17, 15) is 47.9 Å². The predicted octanol–water partition coefficient (Wildman–Crippen LogP) is 4.74. The van der Waals surface area contributed by atoms with Crippen molar-refractivity contribution < 1.29 is 85.9 Å². The Bertz CT molecular complexity index is 1480. The number of amides is 2. The van der Waals surface area contributed by atoms with Gasteiger partial charge in [-0.05, 0) is 69.2 Å². The van der Waals surface area contributed by atoms with Crippen LogP contribution in [0.3, 0.4) is 0 Å². The monoisotopic (exact) mass is 1100 g/mol. The van der Waals surface area contributed by atoms with E-state index in [2.05, 4.69) is 73.3 Å². The van der Waals surface area contributed by atoms with E-state index in [4.69, 9.17) is 28.4 Å². The maximum Gasteiger partial charge on any atom is 0.534 e. The van der Waals surface area contributed by atoms with Crippen molar-refractivity contribution in [2.24, 2.45) is 10.8 Å². The topological polar surface area (TPSA) is 248 Å². The van der Waals surface area contributed by atoms with E-state index in [0.29, 0.717) is 11.3 Å². The number of imide groups is 1. The van der Waals surface area contributed by atoms with Crippen LogP contribution < -0.4 is 0 Å². The third-order valence-electron chi connectivity index (χ3n) is 7.19. The Hall–Kier alpha value is -3.18. The van der Waals surface area contributed by atoms with Crippen molar-refractivity contribution in [1.29, 1.82) is 0 Å². The van der Waals surface area contributed by atoms with Crippen LogP contribution in [0.4, 0.5) is 4.79 Å². The maximum absolute atomic E-state index is 12.7. The molecule has 1 heterocycles. The summed E-state index contributed by atoms with van der Waals surface area (Å²) in [6.45, 7) is 12.9. The average Bonchev–Trinajstić information content (AvgIpc) is 3.43. The van der Waals surface area contributed by atoms with Gasteiger partial charge in [-0.1, -0.05) is 68.8 Å². The van der Waals surface area contributed by atoms with E-state index in [1.165, 1.54) is 13.8 Å². The van der Waals surface area contributed by atoms with Gasteiger partial charge in [-0.15, -0.1) is 0 Å². The van der Waals surface area contributed by atoms with E-state index >= 15 is 0 Å². The molecule has 1 fully saturated rings. The number of rotatable bonds is 21. The highest BCUT2D eigenvalue weighted by Crippen LogP contribution is 2.28. The molecule has 1 saturated heterocycles. The molecule has 1 aliphatic heterocycles. The third kappa shape index (κ3) is 20.8. The summed E-state index contributed by atoms with van der Waals surface area (Å²) in [5.74, 6) is -5.44. The summed E-state index contributed by atoms with van der Waals surface area (Å²) >= 11 is 12.6. The Morgan fingerprint density at radius 3 is 1.07 bits per heavy atom. The van der Waals surface area contributed by atoms with Gasteiger partial charge in [0.15, 0.2) is 0 Å². The number of carbonyl (C=O) groups is 10. The van der Waals surface area contributed by atoms with E-state index in [0.717, 1.165) is 0 Å². The van der Waals surface area contributed by atoms with Gasteiger partial charge in [0.2, 0.25) is 0 Å². The van der Waals surface area contributed by atoms with Gasteiger partial charge in [0.1, 0.15) is 74.1 Å². The molecule has 0 atom stereocenters. The van der Waals surface area contributed by atoms with Crippen molar-refractivity contribution in [1.82, 2.24) is 5.06 Å². The van der Waals surface area contributed by atoms with E-state index in [1.54, 1.807) is 55.4 Å². The summed E-state index contributed by atoms with van der Waals surface area (Å²) in [5, 5.41) is 0.310. The van der Waals surface area contributed by atoms with Gasteiger partial charge in [0.25, 0.3) is 11.8 Å². The predicted molar refractivity (Wildman–Crippen MR) is 218 cm³/mol. The number of ether oxygens (including phenoxy) is 7. The van der Waals surface area contributed by atoms with Crippen LogP contribution in [0, 0.1) is 10.8 Å². The summed E-state index contributed by atoms with van der Waals surface area (Å²) in [6, 6.07) is 0. The molecule has 0 radical (unpaired) electrons. The van der Waals surface area contributed by atoms with Crippen molar-refractivity contribution in [3.05, 3.63) is 0 Å². The Labute approximate surface area is 375 Å². The average molecular weight is 1110 g/mol. The van der Waals surface area contributed by atoms with Crippen LogP contribution in [0.5, 0.6) is 0 Å². The van der Waals surface area contributed by atoms with Crippen molar-refractivity contribution in [3.63, 3.8) is 0 Å². The maximum atomic E-state index is 12.7. The largest absolute Gasteiger partial charge is 0.534 e. The van der Waals surface area contributed by atoms with Gasteiger partial charge in [-0.2, -0.15) is 0 Å². The number of nitrogens with zero attached hydrogens (tertiary/aromatic N) is 1. The first-order valence-electron chi connectivity index (χ1n) is 17.6. The lowest BCUT2D eigenvalue weighted by molar-refractivity contribution is -0.178. The zero-order valence-corrected chi connectivity index (χ0v) is 40.8. The molecule has 59 heavy (non-hydrogen) atoms. The Kier molecular flexibility index (Phi) is 22.4. The molecule has 19 nitrogen and oxygen atoms in total. The summed E-state index contributed by atoms with van der Waals surface area (Å²) in [5.41, 5.74) is -2.97. The highest BCUT2D eigenvalue weighted by molar-refractivity contribution is 9.10. The quantitative estimate of drug-likeness (QED) is 0.0376. The minimum atomic E-state index is -1.57. The molecular weight excluding hydrogens is 1050 g/mol. The summed E-state index contributed by atoms with van der Waals surface area (Å²) in [4.78, 5) is 122. The van der Waals surface area contributed by atoms with Crippen LogP contribution in [0.1, 0.15) is 88.5 Å². The van der Waals surface area contributed by atoms with Crippen molar-refractivity contribution in [2.75, 3.05) is 46.2 Å². The molecular formula is C36H51Br4NO18. The molecule has 0 aromatic carbocycles. The lowest BCUT2D eigenvalue weighted by Crippen LogP contribution is -2.43. The van der Waals surface area contributed by atoms with Gasteiger partial charge in [-0.3, -0.25) is 43.2 Å². The molecule has 2 amide bonds. The molecule has 0 N–H and O–H groups in total. The number of carbonyl (C=O) groups excluding carboxylic acids is 10. The van der Waals surface area contributed by atoms with Gasteiger partial charge >= 0.3 is 42.0 Å². The fraction of sp³-hybridized carbons (Fsp3) is 0.722. The molecule has 0 aromatic heterocycles. The molecule has 1 rings (SSSR count). The van der Waals surface area contributed by atoms with Gasteiger partial charge in [0, 0.05) is 19.3 Å². The first-order chi connectivity index (χ1) is 26.7. The van der Waals surface area contributed by atoms with Crippen LogP contribution in [0.25, 0.3) is 0 Å². The Morgan fingerprint density at radius 2 is 0.780 bits per heavy atom. The van der Waals surface area contributed by atoms with Gasteiger partial charge in [0.05, 0.1) is 6.61 Å². The van der Waals surface area contributed by atoms with Crippen molar-refractivity contribution in [3.8, 4) is 0 Å². The fourth-order valence-electron chi connectivity index (χ4n) is 3.47. The molecule has 336 valence electrons. The van der Waals surface area contributed by atoms with Crippen LogP contribution >= 0.6 is 63.7 Å². The molecule has 0 bridgehead atoms. The SMILES string of the molecule is CC(C)(Br)C(=O)OCC(C)(COC(=O)C(C)(C)Br)C(=O)OCCC=O.CC(C)(Br)C(=O)OCC(C)(COC(=O)C(C)(C)Br)C(=O)OCCOC(=O)ON1C(=O)CCC1=O. The zero-order chi connectivity index (χ0) is 46.2. The minimum Gasteiger partial charge on any atom is -0.465 e. The summed E-state index contributed by atoms with van der Waals surface area (Å²) in [7, 11) is 0. The van der Waals surface area contributed by atoms with E-state index < -0.39 is 108 Å². The number of hydrogen-bond acceptors (Lipinski definition) is 18. The minimum absolute atomic E-state index is 0.0459. The van der Waals surface area contributed by atoms with Gasteiger partial charge in [-0.25, -0.2) is 4.79 Å². The number of halogens is 4. The number of aldehydes is 1. The fourth-order valence-corrected chi connectivity index (χ4v) is 3.93. The van der Waals surface area contributed by atoms with Crippen LogP contribution in [-0.2, 0) is 81.1 Å². The molecule has 0 unspecified atom stereocenters. The molecule has 0 aliphatic carbocycles. The molecule has 0 aromatic rings. The van der Waals surface area contributed by atoms with Crippen LogP contribution in [0.15, 0.2) is 0 Å². The standard InChI is InChI=1S/C20H27Br2NO11.C16H24Br2O7/c1-18(2,21)14(26)32-10-20(5,11-33-15(27)19(3,4)22)16(28)30-8-9-31-17(29)34-23-12(24)6-7-13(23)25;1-14(2,17)11(20)24-9-16(5,13(22)23-8-6-7-19)10-25-12(21)15(3,4)18/h6-11H2,1-5H3;7H,6,8-10H2,1-5H3. The Morgan fingerprint density at radius 1 is 0.492 bits per heavy atom. The highest BCUT2D eigenvalue weighted by Gasteiger charge is 2.43. The first-order valence-corrected chi connectivity index (χ1v) is 20.8. The number of hydrogen-bond donors (Lipinski definition) is 0. The van der Waals surface area contributed by atoms with E-state index in [-0.39, 0.29) is 39.1 Å². The second-order valence-corrected chi connectivity index (χ2v) is 23.2. The Balaban J connectivity index is 0.00000120. The number of alkyl halides is 4. The summed E-state index contributed by atoms with van der Waals surface area (Å²) < 4.78 is 31.6. The zero-order valence-electron chi connectivity index (χ0n) is 34.5. The lowest BCUT2D eigenvalue weighted by Gasteiger charge is -2.28. The highest BCUT2D eigenvalue weighted by atomic mass is 79.9. The number of esters is 6. The van der Waals surface area contributed by atoms with E-state index in [1.807, 2.05) is 0 Å². The third-order valence-corrected chi connectivity index (χ3v) is 8.49. The van der Waals surface area contributed by atoms with Crippen LogP contribution in [0.2, 0.25) is 0 Å². The summed E-state index contributed by atoms with van der Waals surface area (Å²) in [6.07, 6.45) is -0.814. The second kappa shape index (κ2) is 23.7. The number of hydroxylamine groups is 2. The second-order valence-electron chi connectivity index (χ2n) is 15.3. The molecule has 23 heteroatoms. The molecule has 1 aliphatic rings. The van der Waals surface area contributed by atoms with Crippen molar-refractivity contribution >= 4 is 124 Å². The molecule has 0 spiro atoms. The van der Waals surface area contributed by atoms with Crippen LogP contribution in [-0.4, -0.2) is 129 Å². The first kappa shape index (κ1) is 55.8.